The van der Waals surface area contributed by atoms with Crippen molar-refractivity contribution in [1.29, 1.82) is 0 Å². The second-order valence-electron chi connectivity index (χ2n) is 5.98. The number of carbonyl (C=O) groups excluding carboxylic acids is 2. The highest BCUT2D eigenvalue weighted by Crippen LogP contribution is 2.27. The van der Waals surface area contributed by atoms with E-state index in [1.165, 1.54) is 29.2 Å². The van der Waals surface area contributed by atoms with E-state index in [1.54, 1.807) is 24.3 Å². The van der Waals surface area contributed by atoms with E-state index in [0.717, 1.165) is 9.90 Å². The van der Waals surface area contributed by atoms with Crippen LogP contribution < -0.4 is 10.6 Å². The molecule has 10 heteroatoms. The van der Waals surface area contributed by atoms with Crippen LogP contribution in [-0.2, 0) is 4.79 Å². The van der Waals surface area contributed by atoms with Crippen LogP contribution in [0.3, 0.4) is 0 Å². The Balaban J connectivity index is 1.58. The number of nitrogens with zero attached hydrogens (tertiary/aromatic N) is 2. The molecule has 0 aliphatic carbocycles. The fourth-order valence-corrected chi connectivity index (χ4v) is 4.26. The van der Waals surface area contributed by atoms with E-state index in [0.29, 0.717) is 21.4 Å². The first-order valence-corrected chi connectivity index (χ1v) is 10.9. The van der Waals surface area contributed by atoms with Gasteiger partial charge in [-0.15, -0.1) is 22.0 Å². The topological polar surface area (TPSA) is 84.0 Å². The number of anilines is 2. The summed E-state index contributed by atoms with van der Waals surface area (Å²) in [6.45, 7) is 3.64. The minimum absolute atomic E-state index is 0.152. The predicted molar refractivity (Wildman–Crippen MR) is 119 cm³/mol. The third-order valence-electron chi connectivity index (χ3n) is 3.73. The maximum absolute atomic E-state index is 12.4. The van der Waals surface area contributed by atoms with Crippen molar-refractivity contribution in [2.24, 2.45) is 0 Å². The second kappa shape index (κ2) is 9.58. The Labute approximate surface area is 186 Å². The van der Waals surface area contributed by atoms with Crippen molar-refractivity contribution >= 4 is 68.9 Å². The molecule has 2 N–H and O–H groups in total. The van der Waals surface area contributed by atoms with Gasteiger partial charge in [-0.2, -0.15) is 0 Å². The number of aromatic nitrogens is 2. The van der Waals surface area contributed by atoms with Gasteiger partial charge in [0.1, 0.15) is 5.01 Å². The van der Waals surface area contributed by atoms with Gasteiger partial charge >= 0.3 is 0 Å². The molecule has 2 aromatic carbocycles. The Morgan fingerprint density at radius 2 is 1.79 bits per heavy atom. The van der Waals surface area contributed by atoms with Crippen LogP contribution >= 0.6 is 46.3 Å². The summed E-state index contributed by atoms with van der Waals surface area (Å²) in [4.78, 5) is 25.5. The maximum Gasteiger partial charge on any atom is 0.257 e. The first-order valence-electron chi connectivity index (χ1n) is 8.46. The Hall–Kier alpha value is -2.13. The molecular weight excluding hydrogens is 451 g/mol. The molecule has 1 unspecified atom stereocenters. The van der Waals surface area contributed by atoms with Crippen LogP contribution in [0.5, 0.6) is 0 Å². The molecule has 29 heavy (non-hydrogen) atoms. The van der Waals surface area contributed by atoms with Gasteiger partial charge in [-0.1, -0.05) is 34.5 Å². The van der Waals surface area contributed by atoms with Crippen LogP contribution in [0.1, 0.15) is 22.3 Å². The Morgan fingerprint density at radius 3 is 2.41 bits per heavy atom. The summed E-state index contributed by atoms with van der Waals surface area (Å²) in [5.41, 5.74) is 0.957. The number of benzene rings is 2. The average molecular weight is 467 g/mol. The van der Waals surface area contributed by atoms with Gasteiger partial charge in [0.15, 0.2) is 0 Å². The Kier molecular flexibility index (Phi) is 7.13. The number of nitrogens with one attached hydrogen (secondary N) is 2. The standard InChI is InChI=1S/C19H16Cl2N4O2S2/c1-10(17(26)23-19-25-24-11(2)29-19)28-14-6-4-13(5-7-14)22-18(27)15-8-3-12(20)9-16(15)21/h3-10H,1-2H3,(H,22,27)(H,23,25,26). The number of thioether (sulfide) groups is 1. The van der Waals surface area contributed by atoms with Crippen LogP contribution in [0.4, 0.5) is 10.8 Å². The molecule has 6 nitrogen and oxygen atoms in total. The number of halogens is 2. The van der Waals surface area contributed by atoms with Crippen LogP contribution in [0, 0.1) is 6.92 Å². The molecule has 0 spiro atoms. The quantitative estimate of drug-likeness (QED) is 0.466. The van der Waals surface area contributed by atoms with Gasteiger partial charge in [0, 0.05) is 15.6 Å². The van der Waals surface area contributed by atoms with E-state index < -0.39 is 0 Å². The van der Waals surface area contributed by atoms with Crippen molar-refractivity contribution in [3.05, 3.63) is 63.1 Å². The molecule has 2 amide bonds. The van der Waals surface area contributed by atoms with E-state index in [1.807, 2.05) is 26.0 Å². The summed E-state index contributed by atoms with van der Waals surface area (Å²) in [6, 6.07) is 11.9. The number of hydrogen-bond donors (Lipinski definition) is 2. The van der Waals surface area contributed by atoms with E-state index in [4.69, 9.17) is 23.2 Å². The summed E-state index contributed by atoms with van der Waals surface area (Å²) >= 11 is 14.7. The normalized spacial score (nSPS) is 11.7. The molecule has 3 rings (SSSR count). The minimum atomic E-state index is -0.327. The summed E-state index contributed by atoms with van der Waals surface area (Å²) in [5.74, 6) is -0.479. The lowest BCUT2D eigenvalue weighted by molar-refractivity contribution is -0.115. The summed E-state index contributed by atoms with van der Waals surface area (Å²) in [5, 5.41) is 15.0. The molecule has 0 radical (unpaired) electrons. The van der Waals surface area contributed by atoms with Gasteiger partial charge in [-0.05, 0) is 56.3 Å². The van der Waals surface area contributed by atoms with E-state index in [2.05, 4.69) is 20.8 Å². The predicted octanol–water partition coefficient (Wildman–Crippen LogP) is 5.52. The van der Waals surface area contributed by atoms with E-state index in [9.17, 15) is 9.59 Å². The number of amides is 2. The molecule has 0 fully saturated rings. The Morgan fingerprint density at radius 1 is 1.07 bits per heavy atom. The molecule has 1 aromatic heterocycles. The van der Waals surface area contributed by atoms with Gasteiger partial charge in [-0.3, -0.25) is 14.9 Å². The van der Waals surface area contributed by atoms with Gasteiger partial charge in [0.05, 0.1) is 15.8 Å². The van der Waals surface area contributed by atoms with Crippen molar-refractivity contribution in [2.45, 2.75) is 24.0 Å². The van der Waals surface area contributed by atoms with Gasteiger partial charge in [0.25, 0.3) is 5.91 Å². The largest absolute Gasteiger partial charge is 0.322 e. The minimum Gasteiger partial charge on any atom is -0.322 e. The average Bonchev–Trinajstić information content (AvgIpc) is 3.07. The van der Waals surface area contributed by atoms with Crippen molar-refractivity contribution < 1.29 is 9.59 Å². The third kappa shape index (κ3) is 5.93. The summed E-state index contributed by atoms with van der Waals surface area (Å²) in [6.07, 6.45) is 0. The molecule has 0 bridgehead atoms. The van der Waals surface area contributed by atoms with Crippen molar-refractivity contribution in [3.63, 3.8) is 0 Å². The monoisotopic (exact) mass is 466 g/mol. The van der Waals surface area contributed by atoms with Gasteiger partial charge < -0.3 is 5.32 Å². The summed E-state index contributed by atoms with van der Waals surface area (Å²) in [7, 11) is 0. The highest BCUT2D eigenvalue weighted by molar-refractivity contribution is 8.00. The van der Waals surface area contributed by atoms with Crippen LogP contribution in [0.2, 0.25) is 10.0 Å². The lowest BCUT2D eigenvalue weighted by Crippen LogP contribution is -2.22. The fraction of sp³-hybridized carbons (Fsp3) is 0.158. The number of rotatable bonds is 6. The summed E-state index contributed by atoms with van der Waals surface area (Å²) < 4.78 is 0. The zero-order valence-electron chi connectivity index (χ0n) is 15.4. The number of carbonyl (C=O) groups is 2. The van der Waals surface area contributed by atoms with Gasteiger partial charge in [0.2, 0.25) is 11.0 Å². The SMILES string of the molecule is Cc1nnc(NC(=O)C(C)Sc2ccc(NC(=O)c3ccc(Cl)cc3Cl)cc2)s1. The third-order valence-corrected chi connectivity index (χ3v) is 6.14. The number of hydrogen-bond acceptors (Lipinski definition) is 6. The molecule has 150 valence electrons. The first-order chi connectivity index (χ1) is 13.8. The maximum atomic E-state index is 12.4. The zero-order valence-corrected chi connectivity index (χ0v) is 18.5. The van der Waals surface area contributed by atoms with Crippen LogP contribution in [0.15, 0.2) is 47.4 Å². The van der Waals surface area contributed by atoms with Crippen molar-refractivity contribution in [1.82, 2.24) is 10.2 Å². The molecular formula is C19H16Cl2N4O2S2. The molecule has 0 aliphatic rings. The molecule has 1 heterocycles. The Bertz CT molecular complexity index is 1040. The van der Waals surface area contributed by atoms with E-state index >= 15 is 0 Å². The first kappa shape index (κ1) is 21.6. The lowest BCUT2D eigenvalue weighted by atomic mass is 10.2. The smallest absolute Gasteiger partial charge is 0.257 e. The molecule has 0 saturated carbocycles. The molecule has 1 atom stereocenters. The van der Waals surface area contributed by atoms with E-state index in [-0.39, 0.29) is 22.1 Å². The molecule has 3 aromatic rings. The molecule has 0 saturated heterocycles. The zero-order chi connectivity index (χ0) is 21.0. The lowest BCUT2D eigenvalue weighted by Gasteiger charge is -2.11. The van der Waals surface area contributed by atoms with Gasteiger partial charge in [-0.25, -0.2) is 0 Å². The highest BCUT2D eigenvalue weighted by atomic mass is 35.5. The highest BCUT2D eigenvalue weighted by Gasteiger charge is 2.16. The van der Waals surface area contributed by atoms with Crippen LogP contribution in [-0.4, -0.2) is 27.3 Å². The second-order valence-corrected chi connectivity index (χ2v) is 9.42. The molecule has 0 aliphatic heterocycles. The number of aryl methyl sites for hydroxylation is 1. The fourth-order valence-electron chi connectivity index (χ4n) is 2.30. The van der Waals surface area contributed by atoms with Crippen molar-refractivity contribution in [3.8, 4) is 0 Å². The van der Waals surface area contributed by atoms with Crippen LogP contribution in [0.25, 0.3) is 0 Å². The van der Waals surface area contributed by atoms with Crippen molar-refractivity contribution in [2.75, 3.05) is 10.6 Å².